The molecule has 0 spiro atoms. The van der Waals surface area contributed by atoms with Gasteiger partial charge in [-0.15, -0.1) is 0 Å². The highest BCUT2D eigenvalue weighted by Gasteiger charge is 2.35. The second kappa shape index (κ2) is 7.79. The van der Waals surface area contributed by atoms with Crippen LogP contribution in [0.15, 0.2) is 0 Å². The molecule has 0 bridgehead atoms. The number of piperidine rings is 1. The maximum absolute atomic E-state index is 3.56. The van der Waals surface area contributed by atoms with Crippen LogP contribution in [0, 0.1) is 11.3 Å². The maximum Gasteiger partial charge on any atom is 0.00956 e. The molecule has 2 fully saturated rings. The molecular weight excluding hydrogens is 244 g/mol. The van der Waals surface area contributed by atoms with E-state index in [0.717, 1.165) is 12.0 Å². The fourth-order valence-corrected chi connectivity index (χ4v) is 4.49. The van der Waals surface area contributed by atoms with Crippen molar-refractivity contribution >= 4 is 0 Å². The topological polar surface area (TPSA) is 15.3 Å². The summed E-state index contributed by atoms with van der Waals surface area (Å²) in [5.41, 5.74) is 0.609. The summed E-state index contributed by atoms with van der Waals surface area (Å²) in [6.07, 6.45) is 11.4. The molecule has 20 heavy (non-hydrogen) atoms. The van der Waals surface area contributed by atoms with Gasteiger partial charge in [0.1, 0.15) is 0 Å². The van der Waals surface area contributed by atoms with E-state index < -0.39 is 0 Å². The Kier molecular flexibility index (Phi) is 6.35. The van der Waals surface area contributed by atoms with Crippen molar-refractivity contribution in [3.8, 4) is 0 Å². The summed E-state index contributed by atoms with van der Waals surface area (Å²) in [5.74, 6) is 0.802. The number of nitrogens with zero attached hydrogens (tertiary/aromatic N) is 1. The minimum atomic E-state index is 0.609. The fraction of sp³-hybridized carbons (Fsp3) is 1.00. The van der Waals surface area contributed by atoms with Crippen LogP contribution in [0.25, 0.3) is 0 Å². The van der Waals surface area contributed by atoms with Crippen molar-refractivity contribution in [3.63, 3.8) is 0 Å². The predicted molar refractivity (Wildman–Crippen MR) is 88.1 cm³/mol. The van der Waals surface area contributed by atoms with Gasteiger partial charge in [-0.05, 0) is 56.5 Å². The fourth-order valence-electron chi connectivity index (χ4n) is 4.49. The number of nitrogens with one attached hydrogen (secondary N) is 1. The Bertz CT molecular complexity index is 257. The first-order valence-corrected chi connectivity index (χ1v) is 9.10. The largest absolute Gasteiger partial charge is 0.317 e. The Morgan fingerprint density at radius 3 is 2.35 bits per heavy atom. The SMILES string of the molecule is CCCC1(CN(CC(C)C)C2CCCC2)CCNCC1. The van der Waals surface area contributed by atoms with Crippen LogP contribution in [0.1, 0.15) is 72.1 Å². The van der Waals surface area contributed by atoms with E-state index in [9.17, 15) is 0 Å². The molecular formula is C18H36N2. The Balaban J connectivity index is 2.02. The molecule has 2 nitrogen and oxygen atoms in total. The molecule has 0 atom stereocenters. The molecule has 2 heteroatoms. The van der Waals surface area contributed by atoms with Crippen LogP contribution >= 0.6 is 0 Å². The molecule has 1 aliphatic carbocycles. The number of hydrogen-bond acceptors (Lipinski definition) is 2. The van der Waals surface area contributed by atoms with E-state index in [1.54, 1.807) is 0 Å². The van der Waals surface area contributed by atoms with Crippen molar-refractivity contribution < 1.29 is 0 Å². The van der Waals surface area contributed by atoms with Gasteiger partial charge in [-0.3, -0.25) is 4.90 Å². The molecule has 0 amide bonds. The molecule has 1 heterocycles. The van der Waals surface area contributed by atoms with Gasteiger partial charge in [-0.1, -0.05) is 40.0 Å². The second-order valence-electron chi connectivity index (χ2n) is 7.76. The van der Waals surface area contributed by atoms with Gasteiger partial charge in [0.15, 0.2) is 0 Å². The van der Waals surface area contributed by atoms with Gasteiger partial charge in [0.25, 0.3) is 0 Å². The molecule has 1 aliphatic heterocycles. The summed E-state index contributed by atoms with van der Waals surface area (Å²) < 4.78 is 0. The summed E-state index contributed by atoms with van der Waals surface area (Å²) >= 11 is 0. The van der Waals surface area contributed by atoms with E-state index in [2.05, 4.69) is 31.0 Å². The second-order valence-corrected chi connectivity index (χ2v) is 7.76. The smallest absolute Gasteiger partial charge is 0.00956 e. The lowest BCUT2D eigenvalue weighted by Crippen LogP contribution is -2.48. The van der Waals surface area contributed by atoms with Crippen LogP contribution in [0.5, 0.6) is 0 Å². The lowest BCUT2D eigenvalue weighted by atomic mass is 9.74. The zero-order valence-electron chi connectivity index (χ0n) is 14.1. The first-order chi connectivity index (χ1) is 9.65. The summed E-state index contributed by atoms with van der Waals surface area (Å²) in [4.78, 5) is 2.89. The Morgan fingerprint density at radius 1 is 1.15 bits per heavy atom. The molecule has 0 aromatic rings. The molecule has 2 rings (SSSR count). The van der Waals surface area contributed by atoms with Crippen LogP contribution < -0.4 is 5.32 Å². The van der Waals surface area contributed by atoms with Gasteiger partial charge in [-0.2, -0.15) is 0 Å². The Hall–Kier alpha value is -0.0800. The molecule has 1 N–H and O–H groups in total. The minimum Gasteiger partial charge on any atom is -0.317 e. The van der Waals surface area contributed by atoms with E-state index in [1.165, 1.54) is 77.5 Å². The third-order valence-corrected chi connectivity index (χ3v) is 5.42. The van der Waals surface area contributed by atoms with Gasteiger partial charge >= 0.3 is 0 Å². The Morgan fingerprint density at radius 2 is 1.80 bits per heavy atom. The zero-order chi connectivity index (χ0) is 14.4. The standard InChI is InChI=1S/C18H36N2/c1-4-9-18(10-12-19-13-11-18)15-20(14-16(2)3)17-7-5-6-8-17/h16-17,19H,4-15H2,1-3H3. The quantitative estimate of drug-likeness (QED) is 0.756. The van der Waals surface area contributed by atoms with Crippen molar-refractivity contribution in [2.45, 2.75) is 78.2 Å². The van der Waals surface area contributed by atoms with Gasteiger partial charge in [-0.25, -0.2) is 0 Å². The highest BCUT2D eigenvalue weighted by Crippen LogP contribution is 2.37. The number of hydrogen-bond donors (Lipinski definition) is 1. The molecule has 118 valence electrons. The summed E-state index contributed by atoms with van der Waals surface area (Å²) in [6, 6.07) is 0.890. The van der Waals surface area contributed by atoms with Crippen molar-refractivity contribution in [2.24, 2.45) is 11.3 Å². The van der Waals surface area contributed by atoms with Crippen LogP contribution in [-0.2, 0) is 0 Å². The van der Waals surface area contributed by atoms with E-state index in [0.29, 0.717) is 5.41 Å². The first-order valence-electron chi connectivity index (χ1n) is 9.10. The summed E-state index contributed by atoms with van der Waals surface area (Å²) in [5, 5.41) is 3.56. The van der Waals surface area contributed by atoms with Crippen molar-refractivity contribution in [1.29, 1.82) is 0 Å². The lowest BCUT2D eigenvalue weighted by molar-refractivity contribution is 0.0656. The molecule has 1 saturated heterocycles. The van der Waals surface area contributed by atoms with Gasteiger partial charge in [0.05, 0.1) is 0 Å². The molecule has 0 aromatic carbocycles. The molecule has 0 radical (unpaired) electrons. The number of rotatable bonds is 7. The van der Waals surface area contributed by atoms with Gasteiger partial charge in [0.2, 0.25) is 0 Å². The van der Waals surface area contributed by atoms with Crippen molar-refractivity contribution in [1.82, 2.24) is 10.2 Å². The minimum absolute atomic E-state index is 0.609. The lowest BCUT2D eigenvalue weighted by Gasteiger charge is -2.44. The zero-order valence-corrected chi connectivity index (χ0v) is 14.1. The van der Waals surface area contributed by atoms with Crippen molar-refractivity contribution in [3.05, 3.63) is 0 Å². The first kappa shape index (κ1) is 16.3. The maximum atomic E-state index is 3.56. The third-order valence-electron chi connectivity index (χ3n) is 5.42. The van der Waals surface area contributed by atoms with Crippen LogP contribution in [-0.4, -0.2) is 37.1 Å². The average Bonchev–Trinajstić information content (AvgIpc) is 2.92. The molecule has 2 aliphatic rings. The van der Waals surface area contributed by atoms with E-state index in [4.69, 9.17) is 0 Å². The van der Waals surface area contributed by atoms with E-state index in [1.807, 2.05) is 0 Å². The highest BCUT2D eigenvalue weighted by molar-refractivity contribution is 4.90. The van der Waals surface area contributed by atoms with Crippen LogP contribution in [0.4, 0.5) is 0 Å². The van der Waals surface area contributed by atoms with Crippen LogP contribution in [0.2, 0.25) is 0 Å². The normalized spacial score (nSPS) is 23.9. The van der Waals surface area contributed by atoms with Gasteiger partial charge in [0, 0.05) is 19.1 Å². The molecule has 0 aromatic heterocycles. The average molecular weight is 280 g/mol. The Labute approximate surface area is 126 Å². The monoisotopic (exact) mass is 280 g/mol. The van der Waals surface area contributed by atoms with Crippen LogP contribution in [0.3, 0.4) is 0 Å². The van der Waals surface area contributed by atoms with Crippen molar-refractivity contribution in [2.75, 3.05) is 26.2 Å². The molecule has 1 saturated carbocycles. The highest BCUT2D eigenvalue weighted by atomic mass is 15.2. The van der Waals surface area contributed by atoms with Gasteiger partial charge < -0.3 is 5.32 Å². The molecule has 0 unspecified atom stereocenters. The van der Waals surface area contributed by atoms with E-state index in [-0.39, 0.29) is 0 Å². The summed E-state index contributed by atoms with van der Waals surface area (Å²) in [6.45, 7) is 12.3. The summed E-state index contributed by atoms with van der Waals surface area (Å²) in [7, 11) is 0. The third kappa shape index (κ3) is 4.46. The van der Waals surface area contributed by atoms with E-state index >= 15 is 0 Å². The predicted octanol–water partition coefficient (Wildman–Crippen LogP) is 4.06.